The van der Waals surface area contributed by atoms with E-state index in [-0.39, 0.29) is 23.7 Å². The highest BCUT2D eigenvalue weighted by Crippen LogP contribution is 2.46. The van der Waals surface area contributed by atoms with Gasteiger partial charge in [-0.1, -0.05) is 17.7 Å². The van der Waals surface area contributed by atoms with Crippen LogP contribution in [0.25, 0.3) is 0 Å². The molecule has 2 fully saturated rings. The predicted octanol–water partition coefficient (Wildman–Crippen LogP) is 2.52. The Kier molecular flexibility index (Phi) is 4.40. The zero-order chi connectivity index (χ0) is 18.3. The van der Waals surface area contributed by atoms with E-state index in [0.717, 1.165) is 13.0 Å². The predicted molar refractivity (Wildman–Crippen MR) is 98.1 cm³/mol. The average Bonchev–Trinajstić information content (AvgIpc) is 3.36. The van der Waals surface area contributed by atoms with Crippen molar-refractivity contribution >= 4 is 29.1 Å². The highest BCUT2D eigenvalue weighted by molar-refractivity contribution is 6.31. The second kappa shape index (κ2) is 6.72. The van der Waals surface area contributed by atoms with Crippen molar-refractivity contribution in [1.29, 1.82) is 0 Å². The molecule has 8 heteroatoms. The van der Waals surface area contributed by atoms with Gasteiger partial charge in [-0.25, -0.2) is 14.4 Å². The van der Waals surface area contributed by atoms with E-state index in [1.807, 2.05) is 11.0 Å². The zero-order valence-corrected chi connectivity index (χ0v) is 15.1. The molecule has 1 aliphatic carbocycles. The SMILES string of the molecule is CN1CCN(c2cc(NC3CC3c3c(F)cccc3Cl)ncn2)CC1=O. The first-order chi connectivity index (χ1) is 12.5. The minimum atomic E-state index is -0.272. The summed E-state index contributed by atoms with van der Waals surface area (Å²) in [4.78, 5) is 24.1. The molecule has 0 spiro atoms. The Bertz CT molecular complexity index is 828. The molecular formula is C18H19ClFN5O. The molecular weight excluding hydrogens is 357 g/mol. The van der Waals surface area contributed by atoms with Gasteiger partial charge in [0, 0.05) is 48.7 Å². The van der Waals surface area contributed by atoms with E-state index in [9.17, 15) is 9.18 Å². The van der Waals surface area contributed by atoms with Crippen molar-refractivity contribution in [3.8, 4) is 0 Å². The second-order valence-corrected chi connectivity index (χ2v) is 7.13. The number of rotatable bonds is 4. The van der Waals surface area contributed by atoms with Crippen LogP contribution in [0.2, 0.25) is 5.02 Å². The Morgan fingerprint density at radius 1 is 1.31 bits per heavy atom. The lowest BCUT2D eigenvalue weighted by molar-refractivity contribution is -0.129. The Labute approximate surface area is 156 Å². The molecule has 2 unspecified atom stereocenters. The first-order valence-corrected chi connectivity index (χ1v) is 8.92. The lowest BCUT2D eigenvalue weighted by Crippen LogP contribution is -2.48. The van der Waals surface area contributed by atoms with Crippen molar-refractivity contribution in [2.45, 2.75) is 18.4 Å². The van der Waals surface area contributed by atoms with Crippen molar-refractivity contribution < 1.29 is 9.18 Å². The molecule has 2 aliphatic rings. The molecule has 0 bridgehead atoms. The van der Waals surface area contributed by atoms with E-state index in [0.29, 0.717) is 35.3 Å². The number of nitrogens with one attached hydrogen (secondary N) is 1. The van der Waals surface area contributed by atoms with Crippen LogP contribution in [0.4, 0.5) is 16.0 Å². The molecule has 1 aromatic carbocycles. The first-order valence-electron chi connectivity index (χ1n) is 8.54. The molecule has 136 valence electrons. The molecule has 1 aromatic heterocycles. The van der Waals surface area contributed by atoms with Crippen LogP contribution < -0.4 is 10.2 Å². The maximum atomic E-state index is 14.0. The molecule has 1 N–H and O–H groups in total. The van der Waals surface area contributed by atoms with Gasteiger partial charge in [0.25, 0.3) is 0 Å². The van der Waals surface area contributed by atoms with Crippen LogP contribution in [0, 0.1) is 5.82 Å². The van der Waals surface area contributed by atoms with E-state index >= 15 is 0 Å². The van der Waals surface area contributed by atoms with E-state index in [1.165, 1.54) is 12.4 Å². The Morgan fingerprint density at radius 3 is 2.92 bits per heavy atom. The third-order valence-corrected chi connectivity index (χ3v) is 5.26. The minimum absolute atomic E-state index is 0.0346. The number of carbonyl (C=O) groups excluding carboxylic acids is 1. The normalized spacial score (nSPS) is 22.5. The van der Waals surface area contributed by atoms with Gasteiger partial charge < -0.3 is 15.1 Å². The van der Waals surface area contributed by atoms with Gasteiger partial charge in [-0.2, -0.15) is 0 Å². The first kappa shape index (κ1) is 17.0. The number of anilines is 2. The fourth-order valence-corrected chi connectivity index (χ4v) is 3.58. The molecule has 6 nitrogen and oxygen atoms in total. The summed E-state index contributed by atoms with van der Waals surface area (Å²) in [5.41, 5.74) is 0.561. The molecule has 0 radical (unpaired) electrons. The van der Waals surface area contributed by atoms with Gasteiger partial charge in [0.2, 0.25) is 5.91 Å². The monoisotopic (exact) mass is 375 g/mol. The Hall–Kier alpha value is -2.41. The fourth-order valence-electron chi connectivity index (χ4n) is 3.28. The highest BCUT2D eigenvalue weighted by atomic mass is 35.5. The van der Waals surface area contributed by atoms with Gasteiger partial charge in [0.05, 0.1) is 6.54 Å². The van der Waals surface area contributed by atoms with Crippen molar-refractivity contribution in [1.82, 2.24) is 14.9 Å². The summed E-state index contributed by atoms with van der Waals surface area (Å²) in [5.74, 6) is 1.21. The summed E-state index contributed by atoms with van der Waals surface area (Å²) in [7, 11) is 1.80. The van der Waals surface area contributed by atoms with Crippen LogP contribution in [0.5, 0.6) is 0 Å². The van der Waals surface area contributed by atoms with Gasteiger partial charge in [0.1, 0.15) is 23.8 Å². The van der Waals surface area contributed by atoms with Gasteiger partial charge in [0.15, 0.2) is 0 Å². The van der Waals surface area contributed by atoms with Crippen LogP contribution in [-0.4, -0.2) is 53.5 Å². The summed E-state index contributed by atoms with van der Waals surface area (Å²) < 4.78 is 14.0. The average molecular weight is 376 g/mol. The lowest BCUT2D eigenvalue weighted by atomic mass is 10.1. The van der Waals surface area contributed by atoms with Crippen molar-refractivity contribution in [2.75, 3.05) is 36.9 Å². The molecule has 2 atom stereocenters. The zero-order valence-electron chi connectivity index (χ0n) is 14.3. The van der Waals surface area contributed by atoms with Gasteiger partial charge in [-0.3, -0.25) is 4.79 Å². The number of aromatic nitrogens is 2. The molecule has 1 amide bonds. The number of halogens is 2. The van der Waals surface area contributed by atoms with Crippen LogP contribution >= 0.6 is 11.6 Å². The standard InChI is InChI=1S/C18H19ClFN5O/c1-24-5-6-25(9-17(24)26)16-8-15(21-10-22-16)23-14-7-11(14)18-12(19)3-2-4-13(18)20/h2-4,8,10-11,14H,5-7,9H2,1H3,(H,21,22,23). The maximum Gasteiger partial charge on any atom is 0.241 e. The number of carbonyl (C=O) groups is 1. The van der Waals surface area contributed by atoms with E-state index < -0.39 is 0 Å². The summed E-state index contributed by atoms with van der Waals surface area (Å²) in [6, 6.07) is 6.67. The Balaban J connectivity index is 1.45. The molecule has 26 heavy (non-hydrogen) atoms. The van der Waals surface area contributed by atoms with E-state index in [2.05, 4.69) is 15.3 Å². The highest BCUT2D eigenvalue weighted by Gasteiger charge is 2.41. The lowest BCUT2D eigenvalue weighted by Gasteiger charge is -2.32. The molecule has 1 aliphatic heterocycles. The molecule has 1 saturated heterocycles. The van der Waals surface area contributed by atoms with Crippen LogP contribution in [-0.2, 0) is 4.79 Å². The van der Waals surface area contributed by atoms with Crippen molar-refractivity contribution in [3.05, 3.63) is 47.0 Å². The van der Waals surface area contributed by atoms with Crippen molar-refractivity contribution in [2.24, 2.45) is 0 Å². The quantitative estimate of drug-likeness (QED) is 0.889. The number of piperazine rings is 1. The molecule has 2 aromatic rings. The largest absolute Gasteiger partial charge is 0.367 e. The van der Waals surface area contributed by atoms with Crippen LogP contribution in [0.3, 0.4) is 0 Å². The van der Waals surface area contributed by atoms with Gasteiger partial charge in [-0.05, 0) is 18.6 Å². The van der Waals surface area contributed by atoms with Gasteiger partial charge >= 0.3 is 0 Å². The van der Waals surface area contributed by atoms with E-state index in [1.54, 1.807) is 24.1 Å². The smallest absolute Gasteiger partial charge is 0.241 e. The number of likely N-dealkylation sites (N-methyl/N-ethyl adjacent to an activating group) is 1. The van der Waals surface area contributed by atoms with E-state index in [4.69, 9.17) is 11.6 Å². The number of hydrogen-bond donors (Lipinski definition) is 1. The fraction of sp³-hybridized carbons (Fsp3) is 0.389. The Morgan fingerprint density at radius 2 is 2.15 bits per heavy atom. The van der Waals surface area contributed by atoms with Gasteiger partial charge in [-0.15, -0.1) is 0 Å². The number of amides is 1. The molecule has 2 heterocycles. The maximum absolute atomic E-state index is 14.0. The third kappa shape index (κ3) is 3.31. The van der Waals surface area contributed by atoms with Crippen LogP contribution in [0.1, 0.15) is 17.9 Å². The summed E-state index contributed by atoms with van der Waals surface area (Å²) in [5, 5.41) is 3.78. The minimum Gasteiger partial charge on any atom is -0.367 e. The summed E-state index contributed by atoms with van der Waals surface area (Å²) >= 11 is 6.15. The van der Waals surface area contributed by atoms with Crippen LogP contribution in [0.15, 0.2) is 30.6 Å². The topological polar surface area (TPSA) is 61.4 Å². The molecule has 1 saturated carbocycles. The van der Waals surface area contributed by atoms with Crippen molar-refractivity contribution in [3.63, 3.8) is 0 Å². The molecule has 4 rings (SSSR count). The summed E-state index contributed by atoms with van der Waals surface area (Å²) in [6.45, 7) is 1.71. The number of benzene rings is 1. The second-order valence-electron chi connectivity index (χ2n) is 6.73. The number of nitrogens with zero attached hydrogens (tertiary/aromatic N) is 4. The number of hydrogen-bond acceptors (Lipinski definition) is 5. The summed E-state index contributed by atoms with van der Waals surface area (Å²) in [6.07, 6.45) is 2.28. The third-order valence-electron chi connectivity index (χ3n) is 4.93.